The third-order valence-electron chi connectivity index (χ3n) is 8.15. The molecule has 2 atom stereocenters. The highest BCUT2D eigenvalue weighted by Gasteiger charge is 2.23. The van der Waals surface area contributed by atoms with E-state index in [0.717, 1.165) is 69.2 Å². The number of carbonyl (C=O) groups excluding carboxylic acids is 1. The highest BCUT2D eigenvalue weighted by Crippen LogP contribution is 2.42. The molecule has 0 spiro atoms. The second-order valence-electron chi connectivity index (χ2n) is 13.4. The van der Waals surface area contributed by atoms with Crippen molar-refractivity contribution in [3.8, 4) is 45.3 Å². The Balaban J connectivity index is 0.000000192. The highest BCUT2D eigenvalue weighted by molar-refractivity contribution is 5.90. The van der Waals surface area contributed by atoms with Gasteiger partial charge in [-0.2, -0.15) is 0 Å². The Morgan fingerprint density at radius 2 is 1.24 bits per heavy atom. The first-order valence-electron chi connectivity index (χ1n) is 16.8. The summed E-state index contributed by atoms with van der Waals surface area (Å²) in [6, 6.07) is 15.6. The van der Waals surface area contributed by atoms with E-state index in [9.17, 15) is 4.79 Å². The zero-order valence-electron chi connectivity index (χ0n) is 29.0. The lowest BCUT2D eigenvalue weighted by atomic mass is 9.98. The number of hydrogen-bond acceptors (Lipinski definition) is 10. The Labute approximate surface area is 288 Å². The van der Waals surface area contributed by atoms with E-state index >= 15 is 0 Å². The smallest absolute Gasteiger partial charge is 0.222 e. The van der Waals surface area contributed by atoms with Crippen molar-refractivity contribution in [3.63, 3.8) is 0 Å². The molecule has 4 aromatic rings. The van der Waals surface area contributed by atoms with Gasteiger partial charge in [-0.1, -0.05) is 27.7 Å². The Morgan fingerprint density at radius 1 is 0.755 bits per heavy atom. The summed E-state index contributed by atoms with van der Waals surface area (Å²) in [6.07, 6.45) is 5.28. The number of hydrogen-bond donors (Lipinski definition) is 4. The second kappa shape index (κ2) is 16.0. The van der Waals surface area contributed by atoms with Crippen molar-refractivity contribution in [1.82, 2.24) is 9.97 Å². The monoisotopic (exact) mass is 668 g/mol. The molecule has 6 rings (SSSR count). The maximum Gasteiger partial charge on any atom is 0.222 e. The standard InChI is InChI=1S/C20H25N3O3.C18H23N3O2/c1-12(2)8-14(21)10-25-15-4-5-17-16-6-7-22-20(23-13(3)24)18(16)11-26-19(17)9-15;1-11(2)7-12(19)9-22-13-3-4-15-14-5-6-21-18(20)16(14)10-23-17(15)8-13/h4-7,9,12,14H,8,10-11,21H2,1-3H3,(H,22,23,24);3-6,8,11-12H,7,9-10,19H2,1-2H3,(H2,20,21)/t14-;12-/m00/s1. The average Bonchev–Trinajstić information content (AvgIpc) is 3.05. The fourth-order valence-electron chi connectivity index (χ4n) is 6.00. The van der Waals surface area contributed by atoms with E-state index in [1.807, 2.05) is 48.5 Å². The third-order valence-corrected chi connectivity index (χ3v) is 8.15. The van der Waals surface area contributed by atoms with Gasteiger partial charge in [0.15, 0.2) is 0 Å². The van der Waals surface area contributed by atoms with Gasteiger partial charge in [0.05, 0.1) is 0 Å². The topological polar surface area (TPSA) is 170 Å². The number of ether oxygens (including phenoxy) is 4. The molecule has 11 heteroatoms. The van der Waals surface area contributed by atoms with Crippen molar-refractivity contribution < 1.29 is 23.7 Å². The van der Waals surface area contributed by atoms with Crippen LogP contribution < -0.4 is 41.5 Å². The van der Waals surface area contributed by atoms with Crippen LogP contribution in [-0.2, 0) is 18.0 Å². The predicted octanol–water partition coefficient (Wildman–Crippen LogP) is 6.33. The molecule has 0 aliphatic carbocycles. The number of nitrogens with two attached hydrogens (primary N) is 3. The van der Waals surface area contributed by atoms with Crippen LogP contribution in [0.15, 0.2) is 60.9 Å². The van der Waals surface area contributed by atoms with Crippen LogP contribution in [-0.4, -0.2) is 41.2 Å². The average molecular weight is 669 g/mol. The number of benzene rings is 2. The second-order valence-corrected chi connectivity index (χ2v) is 13.4. The van der Waals surface area contributed by atoms with Crippen molar-refractivity contribution >= 4 is 17.5 Å². The lowest BCUT2D eigenvalue weighted by Crippen LogP contribution is -2.29. The van der Waals surface area contributed by atoms with Crippen LogP contribution >= 0.6 is 0 Å². The number of nitrogen functional groups attached to an aromatic ring is 1. The molecule has 2 aliphatic rings. The van der Waals surface area contributed by atoms with Crippen molar-refractivity contribution in [1.29, 1.82) is 0 Å². The Hall–Kier alpha value is -4.87. The number of pyridine rings is 2. The number of rotatable bonds is 11. The Kier molecular flexibility index (Phi) is 11.6. The largest absolute Gasteiger partial charge is 0.492 e. The summed E-state index contributed by atoms with van der Waals surface area (Å²) >= 11 is 0. The Bertz CT molecular complexity index is 1760. The zero-order chi connectivity index (χ0) is 35.1. The maximum atomic E-state index is 11.4. The molecule has 260 valence electrons. The van der Waals surface area contributed by atoms with E-state index in [2.05, 4.69) is 43.0 Å². The first-order chi connectivity index (χ1) is 23.5. The van der Waals surface area contributed by atoms with Gasteiger partial charge in [-0.3, -0.25) is 4.79 Å². The summed E-state index contributed by atoms with van der Waals surface area (Å²) in [5, 5.41) is 2.75. The van der Waals surface area contributed by atoms with Crippen molar-refractivity contribution in [3.05, 3.63) is 72.1 Å². The number of fused-ring (bicyclic) bond motifs is 6. The van der Waals surface area contributed by atoms with E-state index in [1.165, 1.54) is 6.92 Å². The third kappa shape index (κ3) is 9.18. The number of anilines is 2. The van der Waals surface area contributed by atoms with E-state index in [4.69, 9.17) is 36.1 Å². The fraction of sp³-hybridized carbons (Fsp3) is 0.395. The van der Waals surface area contributed by atoms with Gasteiger partial charge in [0.1, 0.15) is 61.1 Å². The minimum Gasteiger partial charge on any atom is -0.492 e. The summed E-state index contributed by atoms with van der Waals surface area (Å²) in [4.78, 5) is 19.7. The van der Waals surface area contributed by atoms with E-state index in [0.29, 0.717) is 49.9 Å². The first-order valence-corrected chi connectivity index (χ1v) is 16.8. The molecule has 0 saturated heterocycles. The minimum absolute atomic E-state index is 0.0129. The van der Waals surface area contributed by atoms with E-state index < -0.39 is 0 Å². The van der Waals surface area contributed by atoms with Crippen LogP contribution in [0.1, 0.15) is 58.6 Å². The maximum absolute atomic E-state index is 11.4. The van der Waals surface area contributed by atoms with Crippen LogP contribution in [0.25, 0.3) is 22.3 Å². The normalized spacial score (nSPS) is 13.7. The van der Waals surface area contributed by atoms with Crippen molar-refractivity contribution in [2.24, 2.45) is 23.3 Å². The van der Waals surface area contributed by atoms with Gasteiger partial charge in [0.2, 0.25) is 5.91 Å². The molecule has 1 amide bonds. The Morgan fingerprint density at radius 3 is 1.76 bits per heavy atom. The molecule has 11 nitrogen and oxygen atoms in total. The minimum atomic E-state index is -0.154. The molecule has 0 fully saturated rings. The first kappa shape index (κ1) is 35.4. The van der Waals surface area contributed by atoms with Crippen molar-refractivity contribution in [2.75, 3.05) is 24.3 Å². The van der Waals surface area contributed by atoms with Gasteiger partial charge in [-0.15, -0.1) is 0 Å². The molecule has 0 bridgehead atoms. The number of aromatic nitrogens is 2. The quantitative estimate of drug-likeness (QED) is 0.142. The molecule has 0 unspecified atom stereocenters. The van der Waals surface area contributed by atoms with Crippen LogP contribution in [0.4, 0.5) is 11.6 Å². The van der Waals surface area contributed by atoms with Gasteiger partial charge in [0.25, 0.3) is 0 Å². The lowest BCUT2D eigenvalue weighted by Gasteiger charge is -2.23. The molecular weight excluding hydrogens is 620 g/mol. The SMILES string of the molecule is CC(=O)Nc1nccc2c1COc1cc(OC[C@@H](N)CC(C)C)ccc1-2.CC(C)C[C@H](N)COc1ccc2c(c1)OCc1c-2ccnc1N. The van der Waals surface area contributed by atoms with E-state index in [1.54, 1.807) is 12.4 Å². The molecule has 2 aliphatic heterocycles. The number of carbonyl (C=O) groups is 1. The van der Waals surface area contributed by atoms with Gasteiger partial charge in [-0.05, 0) is 72.2 Å². The molecule has 7 N–H and O–H groups in total. The fourth-order valence-corrected chi connectivity index (χ4v) is 6.00. The van der Waals surface area contributed by atoms with E-state index in [-0.39, 0.29) is 18.0 Å². The molecule has 4 heterocycles. The molecule has 0 saturated carbocycles. The number of amides is 1. The van der Waals surface area contributed by atoms with Gasteiger partial charge in [0, 0.05) is 65.8 Å². The summed E-state index contributed by atoms with van der Waals surface area (Å²) in [7, 11) is 0. The number of nitrogens with zero attached hydrogens (tertiary/aromatic N) is 2. The van der Waals surface area contributed by atoms with Crippen LogP contribution in [0.2, 0.25) is 0 Å². The summed E-state index contributed by atoms with van der Waals surface area (Å²) in [5.41, 5.74) is 23.9. The van der Waals surface area contributed by atoms with Gasteiger partial charge >= 0.3 is 0 Å². The predicted molar refractivity (Wildman–Crippen MR) is 193 cm³/mol. The molecule has 49 heavy (non-hydrogen) atoms. The summed E-state index contributed by atoms with van der Waals surface area (Å²) in [6.45, 7) is 11.8. The lowest BCUT2D eigenvalue weighted by molar-refractivity contribution is -0.114. The summed E-state index contributed by atoms with van der Waals surface area (Å²) < 4.78 is 23.3. The number of nitrogens with one attached hydrogen (secondary N) is 1. The van der Waals surface area contributed by atoms with Crippen LogP contribution in [0.5, 0.6) is 23.0 Å². The molecule has 2 aromatic heterocycles. The van der Waals surface area contributed by atoms with Crippen LogP contribution in [0.3, 0.4) is 0 Å². The van der Waals surface area contributed by atoms with Gasteiger partial charge in [-0.25, -0.2) is 9.97 Å². The summed E-state index contributed by atoms with van der Waals surface area (Å²) in [5.74, 6) is 5.09. The zero-order valence-corrected chi connectivity index (χ0v) is 29.0. The molecular formula is C38H48N6O5. The molecule has 2 aromatic carbocycles. The highest BCUT2D eigenvalue weighted by atomic mass is 16.5. The van der Waals surface area contributed by atoms with Crippen molar-refractivity contribution in [2.45, 2.75) is 72.8 Å². The van der Waals surface area contributed by atoms with Gasteiger partial charge < -0.3 is 41.5 Å². The molecule has 0 radical (unpaired) electrons. The van der Waals surface area contributed by atoms with Crippen LogP contribution in [0, 0.1) is 11.8 Å².